The predicted octanol–water partition coefficient (Wildman–Crippen LogP) is 3.96. The molecule has 26 heavy (non-hydrogen) atoms. The standard InChI is InChI=1S/C22H28N2O2/c1-17-6-8-19(9-7-17)22(25)23-16-21(24-14-4-3-5-15-24)18-10-12-20(26-2)13-11-18/h6-13,21H,3-5,14-16H2,1-2H3,(H,23,25). The highest BCUT2D eigenvalue weighted by Gasteiger charge is 2.23. The average Bonchev–Trinajstić information content (AvgIpc) is 2.70. The molecule has 138 valence electrons. The van der Waals surface area contributed by atoms with Crippen molar-refractivity contribution >= 4 is 5.91 Å². The van der Waals surface area contributed by atoms with Crippen LogP contribution in [-0.2, 0) is 0 Å². The molecule has 1 amide bonds. The second kappa shape index (κ2) is 8.86. The van der Waals surface area contributed by atoms with Gasteiger partial charge in [0.15, 0.2) is 0 Å². The van der Waals surface area contributed by atoms with Crippen LogP contribution in [0.1, 0.15) is 46.8 Å². The minimum atomic E-state index is -0.0134. The summed E-state index contributed by atoms with van der Waals surface area (Å²) in [7, 11) is 1.68. The van der Waals surface area contributed by atoms with Gasteiger partial charge in [-0.2, -0.15) is 0 Å². The molecule has 0 spiro atoms. The van der Waals surface area contributed by atoms with Crippen LogP contribution < -0.4 is 10.1 Å². The Morgan fingerprint density at radius 1 is 1.04 bits per heavy atom. The largest absolute Gasteiger partial charge is 0.497 e. The second-order valence-corrected chi connectivity index (χ2v) is 6.96. The van der Waals surface area contributed by atoms with Crippen molar-refractivity contribution in [2.75, 3.05) is 26.7 Å². The molecule has 2 aromatic carbocycles. The van der Waals surface area contributed by atoms with Gasteiger partial charge in [-0.25, -0.2) is 0 Å². The van der Waals surface area contributed by atoms with Crippen LogP contribution in [0.25, 0.3) is 0 Å². The van der Waals surface area contributed by atoms with E-state index in [2.05, 4.69) is 22.3 Å². The van der Waals surface area contributed by atoms with Crippen molar-refractivity contribution in [3.05, 3.63) is 65.2 Å². The van der Waals surface area contributed by atoms with Gasteiger partial charge >= 0.3 is 0 Å². The van der Waals surface area contributed by atoms with Crippen LogP contribution in [0, 0.1) is 6.92 Å². The van der Waals surface area contributed by atoms with E-state index in [-0.39, 0.29) is 11.9 Å². The van der Waals surface area contributed by atoms with Crippen molar-refractivity contribution in [2.45, 2.75) is 32.2 Å². The normalized spacial score (nSPS) is 16.1. The molecule has 0 saturated carbocycles. The molecule has 1 heterocycles. The van der Waals surface area contributed by atoms with E-state index in [0.29, 0.717) is 12.1 Å². The molecule has 0 aliphatic carbocycles. The van der Waals surface area contributed by atoms with Gasteiger partial charge in [0.2, 0.25) is 0 Å². The molecule has 1 aliphatic heterocycles. The van der Waals surface area contributed by atoms with Gasteiger partial charge in [-0.3, -0.25) is 9.69 Å². The van der Waals surface area contributed by atoms with Crippen molar-refractivity contribution < 1.29 is 9.53 Å². The maximum Gasteiger partial charge on any atom is 0.251 e. The molecule has 1 unspecified atom stereocenters. The summed E-state index contributed by atoms with van der Waals surface area (Å²) in [5, 5.41) is 3.13. The molecule has 1 saturated heterocycles. The van der Waals surface area contributed by atoms with Crippen LogP contribution in [0.15, 0.2) is 48.5 Å². The predicted molar refractivity (Wildman–Crippen MR) is 105 cm³/mol. The quantitative estimate of drug-likeness (QED) is 0.855. The highest BCUT2D eigenvalue weighted by Crippen LogP contribution is 2.26. The maximum absolute atomic E-state index is 12.5. The van der Waals surface area contributed by atoms with E-state index in [4.69, 9.17) is 4.74 Å². The van der Waals surface area contributed by atoms with Crippen LogP contribution in [0.4, 0.5) is 0 Å². The zero-order valence-corrected chi connectivity index (χ0v) is 15.7. The maximum atomic E-state index is 12.5. The summed E-state index contributed by atoms with van der Waals surface area (Å²) in [5.74, 6) is 0.843. The first kappa shape index (κ1) is 18.5. The lowest BCUT2D eigenvalue weighted by molar-refractivity contribution is 0.0924. The van der Waals surface area contributed by atoms with E-state index in [1.54, 1.807) is 7.11 Å². The number of hydrogen-bond acceptors (Lipinski definition) is 3. The van der Waals surface area contributed by atoms with E-state index in [9.17, 15) is 4.79 Å². The van der Waals surface area contributed by atoms with Crippen molar-refractivity contribution in [2.24, 2.45) is 0 Å². The fraction of sp³-hybridized carbons (Fsp3) is 0.409. The fourth-order valence-corrected chi connectivity index (χ4v) is 3.51. The number of nitrogens with zero attached hydrogens (tertiary/aromatic N) is 1. The number of aryl methyl sites for hydroxylation is 1. The Balaban J connectivity index is 1.72. The molecule has 0 bridgehead atoms. The zero-order chi connectivity index (χ0) is 18.4. The Bertz CT molecular complexity index is 704. The molecular formula is C22H28N2O2. The number of carbonyl (C=O) groups excluding carboxylic acids is 1. The molecule has 3 rings (SSSR count). The zero-order valence-electron chi connectivity index (χ0n) is 15.7. The molecule has 2 aromatic rings. The molecule has 4 heteroatoms. The lowest BCUT2D eigenvalue weighted by Gasteiger charge is -2.35. The highest BCUT2D eigenvalue weighted by atomic mass is 16.5. The van der Waals surface area contributed by atoms with E-state index < -0.39 is 0 Å². The number of ether oxygens (including phenoxy) is 1. The van der Waals surface area contributed by atoms with E-state index in [1.807, 2.05) is 43.3 Å². The molecule has 0 aromatic heterocycles. The summed E-state index contributed by atoms with van der Waals surface area (Å²) in [6.07, 6.45) is 3.73. The van der Waals surface area contributed by atoms with Crippen LogP contribution >= 0.6 is 0 Å². The first-order valence-corrected chi connectivity index (χ1v) is 9.40. The number of carbonyl (C=O) groups is 1. The molecule has 1 N–H and O–H groups in total. The van der Waals surface area contributed by atoms with Gasteiger partial charge in [-0.15, -0.1) is 0 Å². The third-order valence-corrected chi connectivity index (χ3v) is 5.10. The summed E-state index contributed by atoms with van der Waals surface area (Å²) >= 11 is 0. The smallest absolute Gasteiger partial charge is 0.251 e. The highest BCUT2D eigenvalue weighted by molar-refractivity contribution is 5.94. The number of benzene rings is 2. The number of rotatable bonds is 6. The topological polar surface area (TPSA) is 41.6 Å². The Morgan fingerprint density at radius 2 is 1.69 bits per heavy atom. The van der Waals surface area contributed by atoms with Gasteiger partial charge < -0.3 is 10.1 Å². The van der Waals surface area contributed by atoms with Gasteiger partial charge in [0, 0.05) is 12.1 Å². The van der Waals surface area contributed by atoms with Gasteiger partial charge in [-0.05, 0) is 62.7 Å². The molecule has 1 atom stereocenters. The summed E-state index contributed by atoms with van der Waals surface area (Å²) in [6.45, 7) is 4.80. The lowest BCUT2D eigenvalue weighted by Crippen LogP contribution is -2.40. The molecule has 1 aliphatic rings. The fourth-order valence-electron chi connectivity index (χ4n) is 3.51. The van der Waals surface area contributed by atoms with Gasteiger partial charge in [-0.1, -0.05) is 36.2 Å². The summed E-state index contributed by atoms with van der Waals surface area (Å²) in [5.41, 5.74) is 3.09. The van der Waals surface area contributed by atoms with Crippen molar-refractivity contribution in [3.63, 3.8) is 0 Å². The summed E-state index contributed by atoms with van der Waals surface area (Å²) < 4.78 is 5.28. The number of likely N-dealkylation sites (tertiary alicyclic amines) is 1. The number of hydrogen-bond donors (Lipinski definition) is 1. The number of piperidine rings is 1. The van der Waals surface area contributed by atoms with E-state index >= 15 is 0 Å². The lowest BCUT2D eigenvalue weighted by atomic mass is 10.0. The average molecular weight is 352 g/mol. The van der Waals surface area contributed by atoms with Gasteiger partial charge in [0.25, 0.3) is 5.91 Å². The Kier molecular flexibility index (Phi) is 6.29. The van der Waals surface area contributed by atoms with Crippen LogP contribution in [-0.4, -0.2) is 37.6 Å². The number of nitrogens with one attached hydrogen (secondary N) is 1. The van der Waals surface area contributed by atoms with Crippen LogP contribution in [0.5, 0.6) is 5.75 Å². The second-order valence-electron chi connectivity index (χ2n) is 6.96. The minimum Gasteiger partial charge on any atom is -0.497 e. The number of methoxy groups -OCH3 is 1. The van der Waals surface area contributed by atoms with Crippen LogP contribution in [0.3, 0.4) is 0 Å². The van der Waals surface area contributed by atoms with E-state index in [1.165, 1.54) is 24.8 Å². The molecule has 0 radical (unpaired) electrons. The van der Waals surface area contributed by atoms with Gasteiger partial charge in [0.05, 0.1) is 13.2 Å². The van der Waals surface area contributed by atoms with Crippen LogP contribution in [0.2, 0.25) is 0 Å². The Morgan fingerprint density at radius 3 is 2.31 bits per heavy atom. The minimum absolute atomic E-state index is 0.0134. The Labute approximate surface area is 156 Å². The molecule has 4 nitrogen and oxygen atoms in total. The summed E-state index contributed by atoms with van der Waals surface area (Å²) in [4.78, 5) is 15.0. The first-order valence-electron chi connectivity index (χ1n) is 9.40. The third-order valence-electron chi connectivity index (χ3n) is 5.10. The summed E-state index contributed by atoms with van der Waals surface area (Å²) in [6, 6.07) is 16.1. The van der Waals surface area contributed by atoms with Crippen molar-refractivity contribution in [1.82, 2.24) is 10.2 Å². The molecular weight excluding hydrogens is 324 g/mol. The monoisotopic (exact) mass is 352 g/mol. The van der Waals surface area contributed by atoms with Crippen molar-refractivity contribution in [1.29, 1.82) is 0 Å². The number of amides is 1. The SMILES string of the molecule is COc1ccc(C(CNC(=O)c2ccc(C)cc2)N2CCCCC2)cc1. The van der Waals surface area contributed by atoms with Crippen molar-refractivity contribution in [3.8, 4) is 5.75 Å². The molecule has 1 fully saturated rings. The first-order chi connectivity index (χ1) is 12.7. The van der Waals surface area contributed by atoms with E-state index in [0.717, 1.165) is 24.4 Å². The Hall–Kier alpha value is -2.33. The van der Waals surface area contributed by atoms with Gasteiger partial charge in [0.1, 0.15) is 5.75 Å². The third kappa shape index (κ3) is 4.64.